The molecule has 2 nitrogen and oxygen atoms in total. The number of carbonyl (C=O) groups is 1. The Hall–Kier alpha value is -2.22. The Morgan fingerprint density at radius 3 is 2.29 bits per heavy atom. The minimum atomic E-state index is 0.225. The summed E-state index contributed by atoms with van der Waals surface area (Å²) in [7, 11) is 0. The van der Waals surface area contributed by atoms with Gasteiger partial charge >= 0.3 is 0 Å². The quantitative estimate of drug-likeness (QED) is 0.685. The molecule has 2 aromatic rings. The molecule has 0 spiro atoms. The monoisotopic (exact) mass is 223 g/mol. The Bertz CT molecular complexity index is 491. The molecule has 1 heterocycles. The zero-order chi connectivity index (χ0) is 11.9. The van der Waals surface area contributed by atoms with Gasteiger partial charge in [0.25, 0.3) is 0 Å². The Morgan fingerprint density at radius 1 is 0.941 bits per heavy atom. The van der Waals surface area contributed by atoms with E-state index in [1.165, 1.54) is 0 Å². The van der Waals surface area contributed by atoms with Gasteiger partial charge in [-0.3, -0.25) is 9.78 Å². The molecule has 0 bridgehead atoms. The number of rotatable bonds is 0. The van der Waals surface area contributed by atoms with E-state index >= 15 is 0 Å². The molecule has 0 saturated carbocycles. The van der Waals surface area contributed by atoms with Crippen LogP contribution < -0.4 is 0 Å². The lowest BCUT2D eigenvalue weighted by atomic mass is 9.97. The lowest BCUT2D eigenvalue weighted by molar-refractivity contribution is 0.0994. The first-order valence-electron chi connectivity index (χ1n) is 5.52. The van der Waals surface area contributed by atoms with Crippen molar-refractivity contribution in [3.63, 3.8) is 0 Å². The summed E-state index contributed by atoms with van der Waals surface area (Å²) in [6.07, 6.45) is 7.96. The molecule has 0 atom stereocenters. The summed E-state index contributed by atoms with van der Waals surface area (Å²) in [6, 6.07) is 13.4. The highest BCUT2D eigenvalue weighted by Gasteiger charge is 2.10. The van der Waals surface area contributed by atoms with Gasteiger partial charge in [-0.1, -0.05) is 42.5 Å². The Kier molecular flexibility index (Phi) is 3.81. The van der Waals surface area contributed by atoms with Crippen LogP contribution >= 0.6 is 0 Å². The molecule has 0 unspecified atom stereocenters. The minimum absolute atomic E-state index is 0.225. The van der Waals surface area contributed by atoms with Crippen LogP contribution in [0.4, 0.5) is 0 Å². The molecule has 0 aliphatic heterocycles. The maximum absolute atomic E-state index is 11.2. The van der Waals surface area contributed by atoms with E-state index in [0.717, 1.165) is 11.1 Å². The third-order valence-electron chi connectivity index (χ3n) is 2.43. The van der Waals surface area contributed by atoms with E-state index in [1.807, 2.05) is 54.6 Å². The summed E-state index contributed by atoms with van der Waals surface area (Å²) < 4.78 is 0. The second kappa shape index (κ2) is 5.75. The molecule has 84 valence electrons. The summed E-state index contributed by atoms with van der Waals surface area (Å²) in [6.45, 7) is 0. The first-order valence-corrected chi connectivity index (χ1v) is 5.52. The summed E-state index contributed by atoms with van der Waals surface area (Å²) in [5.74, 6) is 0.225. The van der Waals surface area contributed by atoms with Crippen molar-refractivity contribution in [2.75, 3.05) is 0 Å². The van der Waals surface area contributed by atoms with E-state index in [9.17, 15) is 4.79 Å². The van der Waals surface area contributed by atoms with E-state index < -0.39 is 0 Å². The van der Waals surface area contributed by atoms with E-state index in [2.05, 4.69) is 4.98 Å². The largest absolute Gasteiger partial charge is 0.294 e. The number of pyridine rings is 1. The van der Waals surface area contributed by atoms with Gasteiger partial charge in [0, 0.05) is 24.4 Å². The number of nitrogens with zero attached hydrogens (tertiary/aromatic N) is 1. The molecule has 17 heavy (non-hydrogen) atoms. The van der Waals surface area contributed by atoms with Crippen LogP contribution in [-0.4, -0.2) is 10.8 Å². The van der Waals surface area contributed by atoms with Crippen molar-refractivity contribution < 1.29 is 4.79 Å². The Labute approximate surface area is 101 Å². The third-order valence-corrected chi connectivity index (χ3v) is 2.43. The molecule has 0 radical (unpaired) electrons. The molecule has 1 aliphatic carbocycles. The zero-order valence-corrected chi connectivity index (χ0v) is 9.41. The van der Waals surface area contributed by atoms with Crippen molar-refractivity contribution in [2.24, 2.45) is 0 Å². The number of hydrogen-bond acceptors (Lipinski definition) is 2. The lowest BCUT2D eigenvalue weighted by Gasteiger charge is -2.07. The van der Waals surface area contributed by atoms with Crippen molar-refractivity contribution >= 4 is 11.9 Å². The fourth-order valence-electron chi connectivity index (χ4n) is 1.61. The molecular weight excluding hydrogens is 210 g/mol. The first kappa shape index (κ1) is 11.3. The maximum Gasteiger partial charge on any atom is 0.167 e. The average Bonchev–Trinajstić information content (AvgIpc) is 2.42. The smallest absolute Gasteiger partial charge is 0.167 e. The molecule has 0 N–H and O–H groups in total. The van der Waals surface area contributed by atoms with Crippen LogP contribution in [0.1, 0.15) is 22.3 Å². The second-order valence-electron chi connectivity index (χ2n) is 3.64. The molecular formula is C15H13NO. The lowest BCUT2D eigenvalue weighted by Crippen LogP contribution is -2.02. The van der Waals surface area contributed by atoms with Crippen LogP contribution in [0.3, 0.4) is 0 Å². The Balaban J connectivity index is 0.000000153. The van der Waals surface area contributed by atoms with Gasteiger partial charge in [-0.25, -0.2) is 0 Å². The van der Waals surface area contributed by atoms with Crippen LogP contribution in [-0.2, 0) is 0 Å². The predicted octanol–water partition coefficient (Wildman–Crippen LogP) is 3.37. The molecule has 1 aromatic heterocycles. The number of benzene rings is 1. The van der Waals surface area contributed by atoms with Gasteiger partial charge in [0.1, 0.15) is 0 Å². The summed E-state index contributed by atoms with van der Waals surface area (Å²) in [4.78, 5) is 15.0. The first-order chi connectivity index (χ1) is 8.38. The van der Waals surface area contributed by atoms with E-state index in [1.54, 1.807) is 12.4 Å². The number of aromatic nitrogens is 1. The predicted molar refractivity (Wildman–Crippen MR) is 68.7 cm³/mol. The summed E-state index contributed by atoms with van der Waals surface area (Å²) in [5.41, 5.74) is 1.90. The van der Waals surface area contributed by atoms with Gasteiger partial charge in [-0.15, -0.1) is 0 Å². The average molecular weight is 223 g/mol. The van der Waals surface area contributed by atoms with E-state index in [4.69, 9.17) is 0 Å². The van der Waals surface area contributed by atoms with E-state index in [-0.39, 0.29) is 5.78 Å². The standard InChI is InChI=1S/C10H8O.C5H5N/c11-10-7-3-5-8-4-1-2-6-9(8)10;1-2-4-6-5-3-1/h1-6H,7H2;1-5H. The normalized spacial score (nSPS) is 12.4. The van der Waals surface area contributed by atoms with E-state index in [0.29, 0.717) is 6.42 Å². The van der Waals surface area contributed by atoms with Gasteiger partial charge < -0.3 is 0 Å². The SMILES string of the molecule is O=C1CC=Cc2ccccc21.c1ccncc1. The topological polar surface area (TPSA) is 30.0 Å². The van der Waals surface area contributed by atoms with Crippen molar-refractivity contribution in [1.82, 2.24) is 4.98 Å². The number of hydrogen-bond donors (Lipinski definition) is 0. The van der Waals surface area contributed by atoms with Gasteiger partial charge in [0.2, 0.25) is 0 Å². The molecule has 0 fully saturated rings. The van der Waals surface area contributed by atoms with Crippen molar-refractivity contribution in [1.29, 1.82) is 0 Å². The minimum Gasteiger partial charge on any atom is -0.294 e. The zero-order valence-electron chi connectivity index (χ0n) is 9.41. The second-order valence-corrected chi connectivity index (χ2v) is 3.64. The highest BCUT2D eigenvalue weighted by Crippen LogP contribution is 2.17. The summed E-state index contributed by atoms with van der Waals surface area (Å²) in [5, 5.41) is 0. The van der Waals surface area contributed by atoms with Crippen LogP contribution in [0.15, 0.2) is 60.9 Å². The van der Waals surface area contributed by atoms with Crippen LogP contribution in [0.2, 0.25) is 0 Å². The fourth-order valence-corrected chi connectivity index (χ4v) is 1.61. The molecule has 2 heteroatoms. The Morgan fingerprint density at radius 2 is 1.71 bits per heavy atom. The number of fused-ring (bicyclic) bond motifs is 1. The van der Waals surface area contributed by atoms with Crippen molar-refractivity contribution in [3.05, 3.63) is 72.1 Å². The van der Waals surface area contributed by atoms with Crippen LogP contribution in [0.25, 0.3) is 6.08 Å². The summed E-state index contributed by atoms with van der Waals surface area (Å²) >= 11 is 0. The van der Waals surface area contributed by atoms with Crippen LogP contribution in [0, 0.1) is 0 Å². The van der Waals surface area contributed by atoms with Crippen molar-refractivity contribution in [3.8, 4) is 0 Å². The number of allylic oxidation sites excluding steroid dienone is 1. The maximum atomic E-state index is 11.2. The van der Waals surface area contributed by atoms with Gasteiger partial charge in [-0.05, 0) is 17.7 Å². The number of carbonyl (C=O) groups excluding carboxylic acids is 1. The molecule has 1 aromatic carbocycles. The highest BCUT2D eigenvalue weighted by molar-refractivity contribution is 6.02. The fraction of sp³-hybridized carbons (Fsp3) is 0.0667. The molecule has 3 rings (SSSR count). The van der Waals surface area contributed by atoms with Crippen LogP contribution in [0.5, 0.6) is 0 Å². The number of ketones is 1. The van der Waals surface area contributed by atoms with Gasteiger partial charge in [0.15, 0.2) is 5.78 Å². The number of Topliss-reactive ketones (excluding diaryl/α,β-unsaturated/α-hetero) is 1. The van der Waals surface area contributed by atoms with Gasteiger partial charge in [-0.2, -0.15) is 0 Å². The third kappa shape index (κ3) is 3.11. The highest BCUT2D eigenvalue weighted by atomic mass is 16.1. The molecule has 0 amide bonds. The molecule has 1 aliphatic rings. The van der Waals surface area contributed by atoms with Crippen molar-refractivity contribution in [2.45, 2.75) is 6.42 Å². The molecule has 0 saturated heterocycles. The van der Waals surface area contributed by atoms with Gasteiger partial charge in [0.05, 0.1) is 0 Å².